The van der Waals surface area contributed by atoms with Crippen LogP contribution in [0.5, 0.6) is 0 Å². The van der Waals surface area contributed by atoms with Crippen LogP contribution in [-0.2, 0) is 14.4 Å². The van der Waals surface area contributed by atoms with Crippen LogP contribution in [0.4, 0.5) is 0 Å². The Morgan fingerprint density at radius 3 is 2.28 bits per heavy atom. The second-order valence-corrected chi connectivity index (χ2v) is 5.32. The van der Waals surface area contributed by atoms with Gasteiger partial charge in [0.15, 0.2) is 5.78 Å². The lowest BCUT2D eigenvalue weighted by Gasteiger charge is -2.52. The van der Waals surface area contributed by atoms with E-state index in [2.05, 4.69) is 0 Å². The Morgan fingerprint density at radius 1 is 1.39 bits per heavy atom. The Morgan fingerprint density at radius 2 is 1.94 bits per heavy atom. The minimum atomic E-state index is -0.915. The molecular weight excluding hydrogens is 232 g/mol. The molecule has 0 saturated heterocycles. The number of hydrogen-bond acceptors (Lipinski definition) is 4. The summed E-state index contributed by atoms with van der Waals surface area (Å²) in [5.74, 6) is -0.777. The van der Waals surface area contributed by atoms with Crippen LogP contribution >= 0.6 is 0 Å². The second-order valence-electron chi connectivity index (χ2n) is 5.32. The van der Waals surface area contributed by atoms with Gasteiger partial charge >= 0.3 is 0 Å². The van der Waals surface area contributed by atoms with Gasteiger partial charge in [0.2, 0.25) is 0 Å². The first-order valence-corrected chi connectivity index (χ1v) is 6.11. The molecule has 1 heterocycles. The van der Waals surface area contributed by atoms with Crippen LogP contribution in [-0.4, -0.2) is 53.6 Å². The number of carbonyl (C=O) groups excluding carboxylic acids is 3. The van der Waals surface area contributed by atoms with Gasteiger partial charge in [-0.3, -0.25) is 19.3 Å². The summed E-state index contributed by atoms with van der Waals surface area (Å²) in [5, 5.41) is 0. The van der Waals surface area contributed by atoms with Crippen molar-refractivity contribution in [3.05, 3.63) is 12.2 Å². The predicted octanol–water partition coefficient (Wildman–Crippen LogP) is 0.211. The first kappa shape index (κ1) is 13.0. The molecule has 2 atom stereocenters. The van der Waals surface area contributed by atoms with Gasteiger partial charge in [-0.15, -0.1) is 0 Å². The van der Waals surface area contributed by atoms with Crippen LogP contribution in [0.15, 0.2) is 12.2 Å². The molecule has 0 aromatic heterocycles. The molecule has 1 saturated carbocycles. The van der Waals surface area contributed by atoms with E-state index in [1.165, 1.54) is 19.1 Å². The van der Waals surface area contributed by atoms with E-state index in [1.807, 2.05) is 19.0 Å². The van der Waals surface area contributed by atoms with Gasteiger partial charge in [-0.1, -0.05) is 0 Å². The number of amides is 2. The fourth-order valence-corrected chi connectivity index (χ4v) is 3.01. The van der Waals surface area contributed by atoms with Crippen molar-refractivity contribution in [1.82, 2.24) is 9.80 Å². The van der Waals surface area contributed by atoms with Crippen LogP contribution in [0.25, 0.3) is 0 Å². The predicted molar refractivity (Wildman–Crippen MR) is 65.7 cm³/mol. The van der Waals surface area contributed by atoms with Crippen molar-refractivity contribution in [2.75, 3.05) is 20.6 Å². The molecule has 2 amide bonds. The molecule has 18 heavy (non-hydrogen) atoms. The molecule has 0 aromatic rings. The van der Waals surface area contributed by atoms with Gasteiger partial charge in [0.25, 0.3) is 11.8 Å². The Balaban J connectivity index is 2.31. The molecule has 5 heteroatoms. The van der Waals surface area contributed by atoms with Crippen LogP contribution < -0.4 is 0 Å². The Bertz CT molecular complexity index is 424. The van der Waals surface area contributed by atoms with Crippen molar-refractivity contribution >= 4 is 17.6 Å². The molecule has 0 spiro atoms. The summed E-state index contributed by atoms with van der Waals surface area (Å²) < 4.78 is 0. The normalized spacial score (nSPS) is 31.1. The molecule has 0 N–H and O–H groups in total. The summed E-state index contributed by atoms with van der Waals surface area (Å²) in [5.41, 5.74) is -0.915. The maximum atomic E-state index is 12.0. The summed E-state index contributed by atoms with van der Waals surface area (Å²) in [4.78, 5) is 38.8. The minimum absolute atomic E-state index is 0.0396. The zero-order valence-corrected chi connectivity index (χ0v) is 11.0. The lowest BCUT2D eigenvalue weighted by Crippen LogP contribution is -2.67. The number of Topliss-reactive ketones (excluding diaryl/α,β-unsaturated/α-hetero) is 1. The van der Waals surface area contributed by atoms with Crippen molar-refractivity contribution in [2.45, 2.75) is 25.3 Å². The van der Waals surface area contributed by atoms with E-state index in [-0.39, 0.29) is 23.5 Å². The number of nitrogens with zero attached hydrogens (tertiary/aromatic N) is 2. The number of hydrogen-bond donors (Lipinski definition) is 0. The molecule has 0 radical (unpaired) electrons. The van der Waals surface area contributed by atoms with Gasteiger partial charge in [-0.25, -0.2) is 0 Å². The molecule has 0 bridgehead atoms. The molecule has 98 valence electrons. The lowest BCUT2D eigenvalue weighted by molar-refractivity contribution is -0.162. The first-order chi connectivity index (χ1) is 8.39. The zero-order chi connectivity index (χ0) is 13.5. The van der Waals surface area contributed by atoms with Crippen LogP contribution in [0, 0.1) is 5.92 Å². The monoisotopic (exact) mass is 250 g/mol. The van der Waals surface area contributed by atoms with Crippen molar-refractivity contribution in [3.8, 4) is 0 Å². The molecule has 1 aliphatic carbocycles. The first-order valence-electron chi connectivity index (χ1n) is 6.11. The molecule has 2 unspecified atom stereocenters. The van der Waals surface area contributed by atoms with Crippen LogP contribution in [0.2, 0.25) is 0 Å². The van der Waals surface area contributed by atoms with Gasteiger partial charge in [-0.2, -0.15) is 0 Å². The summed E-state index contributed by atoms with van der Waals surface area (Å²) in [6.45, 7) is 2.18. The Kier molecular flexibility index (Phi) is 3.11. The number of carbonyl (C=O) groups is 3. The minimum Gasteiger partial charge on any atom is -0.309 e. The highest BCUT2D eigenvalue weighted by Gasteiger charge is 2.58. The maximum Gasteiger partial charge on any atom is 0.254 e. The van der Waals surface area contributed by atoms with E-state index in [9.17, 15) is 14.4 Å². The van der Waals surface area contributed by atoms with Gasteiger partial charge in [0.05, 0.1) is 0 Å². The molecular formula is C13H18N2O3. The van der Waals surface area contributed by atoms with Crippen molar-refractivity contribution in [1.29, 1.82) is 0 Å². The highest BCUT2D eigenvalue weighted by atomic mass is 16.2. The molecule has 1 aliphatic heterocycles. The fraction of sp³-hybridized carbons (Fsp3) is 0.615. The fourth-order valence-electron chi connectivity index (χ4n) is 3.01. The summed E-state index contributed by atoms with van der Waals surface area (Å²) in [6.07, 6.45) is 3.95. The van der Waals surface area contributed by atoms with Gasteiger partial charge < -0.3 is 4.90 Å². The second kappa shape index (κ2) is 4.31. The average molecular weight is 250 g/mol. The lowest BCUT2D eigenvalue weighted by atomic mass is 9.63. The molecule has 2 rings (SSSR count). The number of ketones is 1. The largest absolute Gasteiger partial charge is 0.309 e. The summed E-state index contributed by atoms with van der Waals surface area (Å²) in [6, 6.07) is 0. The highest BCUT2D eigenvalue weighted by molar-refractivity contribution is 6.16. The summed E-state index contributed by atoms with van der Waals surface area (Å²) in [7, 11) is 3.85. The van der Waals surface area contributed by atoms with E-state index in [1.54, 1.807) is 0 Å². The topological polar surface area (TPSA) is 57.7 Å². The third kappa shape index (κ3) is 1.70. The number of rotatable bonds is 4. The molecule has 1 fully saturated rings. The van der Waals surface area contributed by atoms with Gasteiger partial charge in [-0.05, 0) is 33.9 Å². The van der Waals surface area contributed by atoms with Crippen molar-refractivity contribution in [3.63, 3.8) is 0 Å². The van der Waals surface area contributed by atoms with E-state index in [0.29, 0.717) is 13.0 Å². The average Bonchev–Trinajstić information content (AvgIpc) is 2.57. The van der Waals surface area contributed by atoms with Gasteiger partial charge in [0.1, 0.15) is 5.54 Å². The number of imide groups is 1. The van der Waals surface area contributed by atoms with E-state index in [0.717, 1.165) is 11.3 Å². The third-order valence-corrected chi connectivity index (χ3v) is 3.95. The molecule has 0 aromatic carbocycles. The van der Waals surface area contributed by atoms with Crippen molar-refractivity contribution < 1.29 is 14.4 Å². The quantitative estimate of drug-likeness (QED) is 0.669. The van der Waals surface area contributed by atoms with E-state index in [4.69, 9.17) is 0 Å². The smallest absolute Gasteiger partial charge is 0.254 e. The van der Waals surface area contributed by atoms with E-state index >= 15 is 0 Å². The third-order valence-electron chi connectivity index (χ3n) is 3.95. The highest BCUT2D eigenvalue weighted by Crippen LogP contribution is 2.45. The zero-order valence-electron chi connectivity index (χ0n) is 11.0. The molecule has 2 aliphatic rings. The SMILES string of the molecule is CC(=O)C1(N2C(=O)C=CC2=O)CCC1CN(C)C. The van der Waals surface area contributed by atoms with Crippen LogP contribution in [0.1, 0.15) is 19.8 Å². The van der Waals surface area contributed by atoms with Crippen LogP contribution in [0.3, 0.4) is 0 Å². The summed E-state index contributed by atoms with van der Waals surface area (Å²) >= 11 is 0. The Labute approximate surface area is 106 Å². The maximum absolute atomic E-state index is 12.0. The van der Waals surface area contributed by atoms with Gasteiger partial charge in [0, 0.05) is 24.6 Å². The molecule has 5 nitrogen and oxygen atoms in total. The van der Waals surface area contributed by atoms with Crippen molar-refractivity contribution in [2.24, 2.45) is 5.92 Å². The standard InChI is InChI=1S/C13H18N2O3/c1-9(16)13(7-6-10(13)8-14(2)3)15-11(17)4-5-12(15)18/h4-5,10H,6-8H2,1-3H3. The van der Waals surface area contributed by atoms with E-state index < -0.39 is 5.54 Å². The Hall–Kier alpha value is -1.49.